The van der Waals surface area contributed by atoms with Gasteiger partial charge in [0.25, 0.3) is 0 Å². The van der Waals surface area contributed by atoms with Gasteiger partial charge in [0.05, 0.1) is 5.56 Å². The van der Waals surface area contributed by atoms with E-state index in [9.17, 15) is 14.7 Å². The highest BCUT2D eigenvalue weighted by Crippen LogP contribution is 2.26. The first-order valence-electron chi connectivity index (χ1n) is 5.92. The minimum Gasteiger partial charge on any atom is -0.478 e. The van der Waals surface area contributed by atoms with Gasteiger partial charge in [-0.15, -0.1) is 0 Å². The van der Waals surface area contributed by atoms with Crippen LogP contribution in [0.15, 0.2) is 60.7 Å². The van der Waals surface area contributed by atoms with Crippen LogP contribution in [0.3, 0.4) is 0 Å². The number of carboxylic acid groups (broad SMARTS) is 2. The topological polar surface area (TPSA) is 74.6 Å². The summed E-state index contributed by atoms with van der Waals surface area (Å²) in [5.41, 5.74) is 1.48. The molecule has 0 radical (unpaired) electrons. The fourth-order valence-corrected chi connectivity index (χ4v) is 1.96. The summed E-state index contributed by atoms with van der Waals surface area (Å²) in [5, 5.41) is 18.2. The molecule has 0 saturated carbocycles. The fraction of sp³-hybridized carbons (Fsp3) is 0. The maximum absolute atomic E-state index is 11.3. The Kier molecular flexibility index (Phi) is 3.96. The van der Waals surface area contributed by atoms with E-state index >= 15 is 0 Å². The molecule has 0 heterocycles. The molecule has 2 rings (SSSR count). The van der Waals surface area contributed by atoms with E-state index in [0.29, 0.717) is 16.7 Å². The highest BCUT2D eigenvalue weighted by Gasteiger charge is 2.15. The van der Waals surface area contributed by atoms with E-state index in [1.807, 2.05) is 6.07 Å². The molecule has 0 saturated heterocycles. The van der Waals surface area contributed by atoms with Crippen molar-refractivity contribution in [3.05, 3.63) is 77.4 Å². The lowest BCUT2D eigenvalue weighted by molar-refractivity contribution is -0.131. The van der Waals surface area contributed by atoms with E-state index < -0.39 is 11.9 Å². The van der Waals surface area contributed by atoms with Gasteiger partial charge in [0.15, 0.2) is 0 Å². The maximum atomic E-state index is 11.3. The molecule has 0 atom stereocenters. The standard InChI is InChI=1S/C16H12O4/c17-15(18)10-14(11-6-2-1-3-7-11)12-8-4-5-9-13(12)16(19)20/h1-10H,(H,17,18)(H,19,20)/b14-10+. The molecule has 0 spiro atoms. The smallest absolute Gasteiger partial charge is 0.336 e. The summed E-state index contributed by atoms with van der Waals surface area (Å²) >= 11 is 0. The number of hydrogen-bond donors (Lipinski definition) is 2. The number of carboxylic acids is 2. The summed E-state index contributed by atoms with van der Waals surface area (Å²) in [6.07, 6.45) is 1.02. The van der Waals surface area contributed by atoms with E-state index in [4.69, 9.17) is 5.11 Å². The zero-order valence-corrected chi connectivity index (χ0v) is 10.5. The summed E-state index contributed by atoms with van der Waals surface area (Å²) in [6, 6.07) is 15.2. The number of carbonyl (C=O) groups is 2. The molecular formula is C16H12O4. The van der Waals surface area contributed by atoms with Gasteiger partial charge in [-0.05, 0) is 22.8 Å². The minimum absolute atomic E-state index is 0.0730. The molecule has 0 amide bonds. The lowest BCUT2D eigenvalue weighted by atomic mass is 9.93. The van der Waals surface area contributed by atoms with Crippen LogP contribution >= 0.6 is 0 Å². The summed E-state index contributed by atoms with van der Waals surface area (Å²) < 4.78 is 0. The van der Waals surface area contributed by atoms with E-state index in [0.717, 1.165) is 6.08 Å². The first-order chi connectivity index (χ1) is 9.59. The molecular weight excluding hydrogens is 256 g/mol. The van der Waals surface area contributed by atoms with Crippen LogP contribution in [0.5, 0.6) is 0 Å². The predicted molar refractivity (Wildman–Crippen MR) is 74.6 cm³/mol. The van der Waals surface area contributed by atoms with Gasteiger partial charge in [0.2, 0.25) is 0 Å². The molecule has 4 heteroatoms. The first-order valence-corrected chi connectivity index (χ1v) is 5.92. The van der Waals surface area contributed by atoms with Gasteiger partial charge < -0.3 is 10.2 Å². The maximum Gasteiger partial charge on any atom is 0.336 e. The van der Waals surface area contributed by atoms with Crippen LogP contribution in [-0.2, 0) is 4.79 Å². The van der Waals surface area contributed by atoms with Gasteiger partial charge in [0.1, 0.15) is 0 Å². The van der Waals surface area contributed by atoms with Crippen molar-refractivity contribution in [2.24, 2.45) is 0 Å². The van der Waals surface area contributed by atoms with Crippen molar-refractivity contribution in [3.8, 4) is 0 Å². The van der Waals surface area contributed by atoms with Gasteiger partial charge in [0, 0.05) is 6.08 Å². The van der Waals surface area contributed by atoms with Crippen molar-refractivity contribution in [1.82, 2.24) is 0 Å². The monoisotopic (exact) mass is 268 g/mol. The van der Waals surface area contributed by atoms with Crippen molar-refractivity contribution < 1.29 is 19.8 Å². The fourth-order valence-electron chi connectivity index (χ4n) is 1.96. The highest BCUT2D eigenvalue weighted by molar-refractivity contribution is 6.01. The molecule has 0 aliphatic heterocycles. The summed E-state index contributed by atoms with van der Waals surface area (Å²) in [5.74, 6) is -2.21. The summed E-state index contributed by atoms with van der Waals surface area (Å²) in [6.45, 7) is 0. The van der Waals surface area contributed by atoms with Gasteiger partial charge >= 0.3 is 11.9 Å². The van der Waals surface area contributed by atoms with Crippen molar-refractivity contribution in [3.63, 3.8) is 0 Å². The van der Waals surface area contributed by atoms with Crippen LogP contribution in [0.25, 0.3) is 5.57 Å². The van der Waals surface area contributed by atoms with Gasteiger partial charge in [-0.3, -0.25) is 0 Å². The molecule has 0 unspecified atom stereocenters. The Morgan fingerprint density at radius 2 is 1.35 bits per heavy atom. The second-order valence-corrected chi connectivity index (χ2v) is 4.11. The molecule has 20 heavy (non-hydrogen) atoms. The molecule has 2 aromatic carbocycles. The number of benzene rings is 2. The third kappa shape index (κ3) is 2.92. The van der Waals surface area contributed by atoms with E-state index in [-0.39, 0.29) is 5.56 Å². The number of aliphatic carboxylic acids is 1. The van der Waals surface area contributed by atoms with Crippen LogP contribution in [-0.4, -0.2) is 22.2 Å². The minimum atomic E-state index is -1.12. The third-order valence-corrected chi connectivity index (χ3v) is 2.80. The second-order valence-electron chi connectivity index (χ2n) is 4.11. The molecule has 100 valence electrons. The average molecular weight is 268 g/mol. The molecule has 0 aliphatic rings. The Balaban J connectivity index is 2.66. The van der Waals surface area contributed by atoms with Crippen LogP contribution in [0, 0.1) is 0 Å². The number of hydrogen-bond acceptors (Lipinski definition) is 2. The third-order valence-electron chi connectivity index (χ3n) is 2.80. The van der Waals surface area contributed by atoms with Crippen LogP contribution in [0.2, 0.25) is 0 Å². The number of aromatic carboxylic acids is 1. The zero-order chi connectivity index (χ0) is 14.5. The Morgan fingerprint density at radius 1 is 0.800 bits per heavy atom. The van der Waals surface area contributed by atoms with Crippen molar-refractivity contribution in [2.75, 3.05) is 0 Å². The SMILES string of the molecule is O=C(O)/C=C(\c1ccccc1)c1ccccc1C(=O)O. The molecule has 0 bridgehead atoms. The van der Waals surface area contributed by atoms with Crippen LogP contribution in [0.1, 0.15) is 21.5 Å². The number of rotatable bonds is 4. The molecule has 4 nitrogen and oxygen atoms in total. The molecule has 0 aliphatic carbocycles. The zero-order valence-electron chi connectivity index (χ0n) is 10.5. The van der Waals surface area contributed by atoms with Crippen LogP contribution in [0.4, 0.5) is 0 Å². The predicted octanol–water partition coefficient (Wildman–Crippen LogP) is 2.90. The van der Waals surface area contributed by atoms with E-state index in [2.05, 4.69) is 0 Å². The van der Waals surface area contributed by atoms with Crippen LogP contribution < -0.4 is 0 Å². The summed E-state index contributed by atoms with van der Waals surface area (Å²) in [7, 11) is 0. The van der Waals surface area contributed by atoms with Crippen molar-refractivity contribution >= 4 is 17.5 Å². The van der Waals surface area contributed by atoms with Gasteiger partial charge in [-0.2, -0.15) is 0 Å². The Hall–Kier alpha value is -2.88. The molecule has 0 fully saturated rings. The lowest BCUT2D eigenvalue weighted by Gasteiger charge is -2.10. The van der Waals surface area contributed by atoms with Gasteiger partial charge in [-0.25, -0.2) is 9.59 Å². The lowest BCUT2D eigenvalue weighted by Crippen LogP contribution is -2.04. The molecule has 0 aromatic heterocycles. The normalized spacial score (nSPS) is 11.1. The first kappa shape index (κ1) is 13.5. The Labute approximate surface area is 115 Å². The van der Waals surface area contributed by atoms with E-state index in [1.54, 1.807) is 42.5 Å². The average Bonchev–Trinajstić information content (AvgIpc) is 2.45. The molecule has 2 N–H and O–H groups in total. The van der Waals surface area contributed by atoms with E-state index in [1.165, 1.54) is 6.07 Å². The largest absolute Gasteiger partial charge is 0.478 e. The summed E-state index contributed by atoms with van der Waals surface area (Å²) in [4.78, 5) is 22.3. The highest BCUT2D eigenvalue weighted by atomic mass is 16.4. The Morgan fingerprint density at radius 3 is 1.90 bits per heavy atom. The second kappa shape index (κ2) is 5.84. The molecule has 2 aromatic rings. The van der Waals surface area contributed by atoms with Gasteiger partial charge in [-0.1, -0.05) is 48.5 Å². The van der Waals surface area contributed by atoms with Crippen molar-refractivity contribution in [1.29, 1.82) is 0 Å². The quantitative estimate of drug-likeness (QED) is 0.836. The Bertz CT molecular complexity index is 672. The van der Waals surface area contributed by atoms with Crippen molar-refractivity contribution in [2.45, 2.75) is 0 Å².